The molecule has 27 heavy (non-hydrogen) atoms. The van der Waals surface area contributed by atoms with Crippen LogP contribution in [0, 0.1) is 5.92 Å². The maximum absolute atomic E-state index is 11.6. The number of rotatable bonds is 7. The Morgan fingerprint density at radius 2 is 2.04 bits per heavy atom. The summed E-state index contributed by atoms with van der Waals surface area (Å²) < 4.78 is 11.0. The monoisotopic (exact) mass is 377 g/mol. The fourth-order valence-electron chi connectivity index (χ4n) is 3.31. The van der Waals surface area contributed by atoms with Crippen LogP contribution in [-0.4, -0.2) is 35.9 Å². The number of carbonyl (C=O) groups excluding carboxylic acids is 1. The molecule has 0 aliphatic heterocycles. The lowest BCUT2D eigenvalue weighted by Crippen LogP contribution is -2.33. The van der Waals surface area contributed by atoms with Crippen molar-refractivity contribution in [1.82, 2.24) is 5.32 Å². The minimum absolute atomic E-state index is 0.217. The zero-order chi connectivity index (χ0) is 19.9. The van der Waals surface area contributed by atoms with Gasteiger partial charge < -0.3 is 19.9 Å². The molecule has 150 valence electrons. The molecule has 1 aliphatic rings. The smallest absolute Gasteiger partial charge is 0.407 e. The fraction of sp³-hybridized carbons (Fsp3) is 0.619. The molecule has 1 aromatic rings. The molecule has 1 atom stereocenters. The highest BCUT2D eigenvalue weighted by atomic mass is 16.6. The highest BCUT2D eigenvalue weighted by Crippen LogP contribution is 2.29. The van der Waals surface area contributed by atoms with E-state index >= 15 is 0 Å². The molecular weight excluding hydrogens is 346 g/mol. The van der Waals surface area contributed by atoms with Crippen molar-refractivity contribution in [2.75, 3.05) is 13.2 Å². The van der Waals surface area contributed by atoms with E-state index in [2.05, 4.69) is 17.4 Å². The van der Waals surface area contributed by atoms with E-state index < -0.39 is 17.7 Å². The summed E-state index contributed by atoms with van der Waals surface area (Å²) in [6.07, 6.45) is 4.26. The summed E-state index contributed by atoms with van der Waals surface area (Å²) in [5, 5.41) is 11.7. The van der Waals surface area contributed by atoms with Gasteiger partial charge in [0, 0.05) is 13.0 Å². The predicted octanol–water partition coefficient (Wildman–Crippen LogP) is 3.95. The maximum Gasteiger partial charge on any atom is 0.407 e. The number of hydrogen-bond donors (Lipinski definition) is 2. The standard InChI is InChI=1S/C21H31NO5/c1-21(2,3)27-20(25)22-10-5-11-26-18-9-8-17-12-15(13-19(23)24)6-4-7-16(17)14-18/h8-9,14-15H,4-7,10-13H2,1-3H3,(H,22,25)(H,23,24). The van der Waals surface area contributed by atoms with Gasteiger partial charge in [0.1, 0.15) is 11.4 Å². The number of carboxylic acids is 1. The lowest BCUT2D eigenvalue weighted by atomic mass is 9.94. The number of amides is 1. The molecule has 2 N–H and O–H groups in total. The Bertz CT molecular complexity index is 650. The first kappa shape index (κ1) is 21.1. The van der Waals surface area contributed by atoms with Gasteiger partial charge in [-0.3, -0.25) is 4.79 Å². The van der Waals surface area contributed by atoms with E-state index in [0.717, 1.165) is 31.4 Å². The van der Waals surface area contributed by atoms with Crippen molar-refractivity contribution in [3.05, 3.63) is 29.3 Å². The fourth-order valence-corrected chi connectivity index (χ4v) is 3.31. The van der Waals surface area contributed by atoms with Crippen LogP contribution in [0.15, 0.2) is 18.2 Å². The van der Waals surface area contributed by atoms with Gasteiger partial charge in [0.05, 0.1) is 6.61 Å². The van der Waals surface area contributed by atoms with Crippen LogP contribution in [0.3, 0.4) is 0 Å². The Labute approximate surface area is 161 Å². The molecule has 1 unspecified atom stereocenters. The summed E-state index contributed by atoms with van der Waals surface area (Å²) in [6.45, 7) is 6.50. The summed E-state index contributed by atoms with van der Waals surface area (Å²) in [7, 11) is 0. The molecule has 0 radical (unpaired) electrons. The van der Waals surface area contributed by atoms with Gasteiger partial charge in [-0.1, -0.05) is 6.07 Å². The van der Waals surface area contributed by atoms with Crippen molar-refractivity contribution in [1.29, 1.82) is 0 Å². The third-order valence-electron chi connectivity index (χ3n) is 4.47. The largest absolute Gasteiger partial charge is 0.494 e. The molecule has 1 amide bonds. The van der Waals surface area contributed by atoms with E-state index in [1.165, 1.54) is 11.1 Å². The van der Waals surface area contributed by atoms with Crippen molar-refractivity contribution in [3.8, 4) is 5.75 Å². The van der Waals surface area contributed by atoms with Crippen molar-refractivity contribution in [2.45, 2.75) is 64.9 Å². The minimum atomic E-state index is -0.719. The first-order chi connectivity index (χ1) is 12.7. The Balaban J connectivity index is 1.76. The summed E-state index contributed by atoms with van der Waals surface area (Å²) in [5.41, 5.74) is 2.00. The first-order valence-corrected chi connectivity index (χ1v) is 9.66. The number of ether oxygens (including phenoxy) is 2. The number of aryl methyl sites for hydroxylation is 1. The topological polar surface area (TPSA) is 84.9 Å². The summed E-state index contributed by atoms with van der Waals surface area (Å²) in [5.74, 6) is 0.320. The number of aliphatic carboxylic acids is 1. The lowest BCUT2D eigenvalue weighted by Gasteiger charge is -2.19. The van der Waals surface area contributed by atoms with E-state index in [4.69, 9.17) is 14.6 Å². The molecule has 6 heteroatoms. The van der Waals surface area contributed by atoms with Crippen molar-refractivity contribution >= 4 is 12.1 Å². The molecule has 0 spiro atoms. The van der Waals surface area contributed by atoms with Crippen LogP contribution >= 0.6 is 0 Å². The van der Waals surface area contributed by atoms with Crippen molar-refractivity contribution < 1.29 is 24.2 Å². The highest BCUT2D eigenvalue weighted by Gasteiger charge is 2.19. The van der Waals surface area contributed by atoms with Gasteiger partial charge in [0.15, 0.2) is 0 Å². The van der Waals surface area contributed by atoms with Gasteiger partial charge >= 0.3 is 12.1 Å². The van der Waals surface area contributed by atoms with Crippen LogP contribution in [-0.2, 0) is 22.4 Å². The third-order valence-corrected chi connectivity index (χ3v) is 4.47. The van der Waals surface area contributed by atoms with Gasteiger partial charge in [-0.2, -0.15) is 0 Å². The number of nitrogens with one attached hydrogen (secondary N) is 1. The van der Waals surface area contributed by atoms with Gasteiger partial charge in [-0.25, -0.2) is 4.79 Å². The number of carbonyl (C=O) groups is 2. The number of hydrogen-bond acceptors (Lipinski definition) is 4. The van der Waals surface area contributed by atoms with Crippen molar-refractivity contribution in [3.63, 3.8) is 0 Å². The van der Waals surface area contributed by atoms with Crippen LogP contribution in [0.4, 0.5) is 4.79 Å². The van der Waals surface area contributed by atoms with Crippen LogP contribution in [0.2, 0.25) is 0 Å². The van der Waals surface area contributed by atoms with E-state index in [1.807, 2.05) is 26.8 Å². The number of carboxylic acid groups (broad SMARTS) is 1. The maximum atomic E-state index is 11.6. The molecule has 0 fully saturated rings. The SMILES string of the molecule is CC(C)(C)OC(=O)NCCCOc1ccc2c(c1)CCCC(CC(=O)O)C2. The molecule has 6 nitrogen and oxygen atoms in total. The van der Waals surface area contributed by atoms with E-state index in [-0.39, 0.29) is 12.3 Å². The average Bonchev–Trinajstić information content (AvgIpc) is 2.73. The van der Waals surface area contributed by atoms with Crippen LogP contribution in [0.5, 0.6) is 5.75 Å². The molecule has 2 rings (SSSR count). The van der Waals surface area contributed by atoms with Crippen LogP contribution in [0.1, 0.15) is 57.6 Å². The molecule has 0 saturated heterocycles. The highest BCUT2D eigenvalue weighted by molar-refractivity contribution is 5.67. The van der Waals surface area contributed by atoms with Crippen LogP contribution < -0.4 is 10.1 Å². The summed E-state index contributed by atoms with van der Waals surface area (Å²) in [6, 6.07) is 6.08. The normalized spacial score (nSPS) is 16.8. The second-order valence-corrected chi connectivity index (χ2v) is 8.12. The zero-order valence-corrected chi connectivity index (χ0v) is 16.5. The second kappa shape index (κ2) is 9.62. The first-order valence-electron chi connectivity index (χ1n) is 9.66. The Hall–Kier alpha value is -2.24. The molecule has 0 aromatic heterocycles. The Kier molecular flexibility index (Phi) is 7.51. The Morgan fingerprint density at radius 1 is 1.26 bits per heavy atom. The molecule has 1 aromatic carbocycles. The van der Waals surface area contributed by atoms with Gasteiger partial charge in [0.2, 0.25) is 0 Å². The minimum Gasteiger partial charge on any atom is -0.494 e. The third kappa shape index (κ3) is 7.89. The molecule has 0 bridgehead atoms. The number of benzene rings is 1. The Morgan fingerprint density at radius 3 is 2.74 bits per heavy atom. The second-order valence-electron chi connectivity index (χ2n) is 8.12. The number of fused-ring (bicyclic) bond motifs is 1. The van der Waals surface area contributed by atoms with Gasteiger partial charge in [-0.15, -0.1) is 0 Å². The summed E-state index contributed by atoms with van der Waals surface area (Å²) in [4.78, 5) is 22.5. The predicted molar refractivity (Wildman–Crippen MR) is 103 cm³/mol. The summed E-state index contributed by atoms with van der Waals surface area (Å²) >= 11 is 0. The zero-order valence-electron chi connectivity index (χ0n) is 16.5. The molecule has 0 heterocycles. The van der Waals surface area contributed by atoms with Gasteiger partial charge in [0.25, 0.3) is 0 Å². The number of alkyl carbamates (subject to hydrolysis) is 1. The molecular formula is C21H31NO5. The van der Waals surface area contributed by atoms with E-state index in [0.29, 0.717) is 19.6 Å². The van der Waals surface area contributed by atoms with E-state index in [9.17, 15) is 9.59 Å². The molecule has 0 saturated carbocycles. The van der Waals surface area contributed by atoms with Crippen molar-refractivity contribution in [2.24, 2.45) is 5.92 Å². The lowest BCUT2D eigenvalue weighted by molar-refractivity contribution is -0.138. The van der Waals surface area contributed by atoms with E-state index in [1.54, 1.807) is 0 Å². The van der Waals surface area contributed by atoms with Crippen LogP contribution in [0.25, 0.3) is 0 Å². The molecule has 1 aliphatic carbocycles. The average molecular weight is 377 g/mol. The van der Waals surface area contributed by atoms with Gasteiger partial charge in [-0.05, 0) is 82.1 Å². The quantitative estimate of drug-likeness (QED) is 0.555.